The lowest BCUT2D eigenvalue weighted by molar-refractivity contribution is 0.206. The van der Waals surface area contributed by atoms with E-state index in [2.05, 4.69) is 52.8 Å². The van der Waals surface area contributed by atoms with E-state index in [1.807, 2.05) is 13.8 Å². The Morgan fingerprint density at radius 1 is 0.760 bits per heavy atom. The lowest BCUT2D eigenvalue weighted by Gasteiger charge is -2.11. The monoisotopic (exact) mass is 344 g/mol. The molecule has 0 amide bonds. The van der Waals surface area contributed by atoms with Gasteiger partial charge in [0.1, 0.15) is 0 Å². The average molecular weight is 345 g/mol. The molecule has 0 heterocycles. The Bertz CT molecular complexity index is 601. The van der Waals surface area contributed by atoms with Crippen molar-refractivity contribution in [2.45, 2.75) is 74.1 Å². The number of benzene rings is 1. The van der Waals surface area contributed by atoms with Gasteiger partial charge in [0.2, 0.25) is 0 Å². The molecule has 0 fully saturated rings. The quantitative estimate of drug-likeness (QED) is 0.355. The summed E-state index contributed by atoms with van der Waals surface area (Å²) < 4.78 is 11.5. The molecule has 0 aromatic heterocycles. The minimum atomic E-state index is 0.791. The maximum absolute atomic E-state index is 5.75. The maximum atomic E-state index is 5.75. The zero-order valence-electron chi connectivity index (χ0n) is 17.3. The standard InChI is InChI=1S/C23H36O2/c1-17(2)20(6)24-14-8-10-22-12-13-23(19(5)16-22)11-9-15-25-21(7)18(3)4/h12-13,16H,8-11,14-15H2,1-7H3. The van der Waals surface area contributed by atoms with Crippen molar-refractivity contribution in [2.75, 3.05) is 13.2 Å². The molecule has 1 aromatic carbocycles. The number of rotatable bonds is 10. The second-order valence-corrected chi connectivity index (χ2v) is 7.28. The van der Waals surface area contributed by atoms with E-state index in [-0.39, 0.29) is 0 Å². The topological polar surface area (TPSA) is 18.5 Å². The van der Waals surface area contributed by atoms with Crippen LogP contribution in [0.2, 0.25) is 0 Å². The molecule has 0 aliphatic heterocycles. The highest BCUT2D eigenvalue weighted by Crippen LogP contribution is 2.15. The molecule has 0 saturated heterocycles. The first-order chi connectivity index (χ1) is 11.8. The molecule has 0 bridgehead atoms. The highest BCUT2D eigenvalue weighted by Gasteiger charge is 2.02. The summed E-state index contributed by atoms with van der Waals surface area (Å²) in [6, 6.07) is 6.87. The molecular weight excluding hydrogens is 308 g/mol. The minimum absolute atomic E-state index is 0.791. The van der Waals surface area contributed by atoms with Crippen LogP contribution in [-0.2, 0) is 22.3 Å². The third-order valence-electron chi connectivity index (χ3n) is 4.65. The van der Waals surface area contributed by atoms with Crippen molar-refractivity contribution < 1.29 is 9.47 Å². The first-order valence-corrected chi connectivity index (χ1v) is 9.43. The Kier molecular flexibility index (Phi) is 9.41. The number of allylic oxidation sites excluding steroid dienone is 4. The summed E-state index contributed by atoms with van der Waals surface area (Å²) in [7, 11) is 0. The Hall–Kier alpha value is -1.70. The molecule has 0 saturated carbocycles. The van der Waals surface area contributed by atoms with Crippen LogP contribution in [0.25, 0.3) is 0 Å². The summed E-state index contributed by atoms with van der Waals surface area (Å²) in [5, 5.41) is 0. The fourth-order valence-electron chi connectivity index (χ4n) is 2.47. The van der Waals surface area contributed by atoms with E-state index in [9.17, 15) is 0 Å². The highest BCUT2D eigenvalue weighted by molar-refractivity contribution is 5.31. The van der Waals surface area contributed by atoms with Gasteiger partial charge in [0.25, 0.3) is 0 Å². The summed E-state index contributed by atoms with van der Waals surface area (Å²) in [5.41, 5.74) is 6.72. The zero-order chi connectivity index (χ0) is 18.8. The predicted octanol–water partition coefficient (Wildman–Crippen LogP) is 6.52. The van der Waals surface area contributed by atoms with E-state index >= 15 is 0 Å². The molecule has 0 spiro atoms. The Morgan fingerprint density at radius 3 is 1.76 bits per heavy atom. The fraction of sp³-hybridized carbons (Fsp3) is 0.565. The van der Waals surface area contributed by atoms with E-state index in [1.54, 1.807) is 0 Å². The van der Waals surface area contributed by atoms with Crippen LogP contribution >= 0.6 is 0 Å². The zero-order valence-corrected chi connectivity index (χ0v) is 17.3. The van der Waals surface area contributed by atoms with Crippen LogP contribution in [-0.4, -0.2) is 13.2 Å². The van der Waals surface area contributed by atoms with Crippen molar-refractivity contribution in [1.29, 1.82) is 0 Å². The first kappa shape index (κ1) is 21.3. The molecule has 1 aromatic rings. The maximum Gasteiger partial charge on any atom is 0.0915 e. The van der Waals surface area contributed by atoms with E-state index in [0.717, 1.165) is 50.4 Å². The fourth-order valence-corrected chi connectivity index (χ4v) is 2.47. The Morgan fingerprint density at radius 2 is 1.28 bits per heavy atom. The van der Waals surface area contributed by atoms with Crippen molar-refractivity contribution in [3.63, 3.8) is 0 Å². The number of hydrogen-bond acceptors (Lipinski definition) is 2. The predicted molar refractivity (Wildman–Crippen MR) is 108 cm³/mol. The van der Waals surface area contributed by atoms with Crippen molar-refractivity contribution in [2.24, 2.45) is 0 Å². The molecule has 0 radical (unpaired) electrons. The SMILES string of the molecule is CC(C)=C(C)OCCCc1ccc(CCCOC(C)=C(C)C)c(C)c1. The van der Waals surface area contributed by atoms with Gasteiger partial charge in [-0.05, 0) is 102 Å². The molecule has 0 aliphatic carbocycles. The summed E-state index contributed by atoms with van der Waals surface area (Å²) in [4.78, 5) is 0. The number of aryl methyl sites for hydroxylation is 3. The Labute approximate surface area is 154 Å². The van der Waals surface area contributed by atoms with Gasteiger partial charge in [0.15, 0.2) is 0 Å². The summed E-state index contributed by atoms with van der Waals surface area (Å²) >= 11 is 0. The van der Waals surface area contributed by atoms with E-state index < -0.39 is 0 Å². The molecule has 0 atom stereocenters. The van der Waals surface area contributed by atoms with Gasteiger partial charge in [0, 0.05) is 0 Å². The van der Waals surface area contributed by atoms with Crippen LogP contribution in [0.3, 0.4) is 0 Å². The molecule has 0 aliphatic rings. The van der Waals surface area contributed by atoms with Gasteiger partial charge in [-0.25, -0.2) is 0 Å². The van der Waals surface area contributed by atoms with Gasteiger partial charge in [-0.2, -0.15) is 0 Å². The van der Waals surface area contributed by atoms with E-state index in [1.165, 1.54) is 27.8 Å². The molecule has 1 rings (SSSR count). The van der Waals surface area contributed by atoms with Crippen LogP contribution in [0.1, 0.15) is 71.1 Å². The van der Waals surface area contributed by atoms with Crippen molar-refractivity contribution >= 4 is 0 Å². The Balaban J connectivity index is 2.39. The lowest BCUT2D eigenvalue weighted by atomic mass is 9.99. The third kappa shape index (κ3) is 8.29. The van der Waals surface area contributed by atoms with E-state index in [0.29, 0.717) is 0 Å². The molecule has 0 N–H and O–H groups in total. The second kappa shape index (κ2) is 11.0. The smallest absolute Gasteiger partial charge is 0.0915 e. The third-order valence-corrected chi connectivity index (χ3v) is 4.65. The number of hydrogen-bond donors (Lipinski definition) is 0. The van der Waals surface area contributed by atoms with Crippen LogP contribution in [0.5, 0.6) is 0 Å². The largest absolute Gasteiger partial charge is 0.498 e. The summed E-state index contributed by atoms with van der Waals surface area (Å²) in [5.74, 6) is 2.11. The van der Waals surface area contributed by atoms with Crippen LogP contribution in [0.4, 0.5) is 0 Å². The summed E-state index contributed by atoms with van der Waals surface area (Å²) in [6.45, 7) is 16.2. The molecule has 0 unspecified atom stereocenters. The minimum Gasteiger partial charge on any atom is -0.498 e. The van der Waals surface area contributed by atoms with Gasteiger partial charge in [0.05, 0.1) is 24.7 Å². The highest BCUT2D eigenvalue weighted by atomic mass is 16.5. The molecule has 140 valence electrons. The molecule has 2 heteroatoms. The first-order valence-electron chi connectivity index (χ1n) is 9.43. The van der Waals surface area contributed by atoms with Gasteiger partial charge in [-0.15, -0.1) is 0 Å². The average Bonchev–Trinajstić information content (AvgIpc) is 2.56. The van der Waals surface area contributed by atoms with Crippen molar-refractivity contribution in [1.82, 2.24) is 0 Å². The van der Waals surface area contributed by atoms with Gasteiger partial charge in [-0.3, -0.25) is 0 Å². The van der Waals surface area contributed by atoms with Crippen LogP contribution < -0.4 is 0 Å². The van der Waals surface area contributed by atoms with E-state index in [4.69, 9.17) is 9.47 Å². The number of ether oxygens (including phenoxy) is 2. The molecular formula is C23H36O2. The molecule has 25 heavy (non-hydrogen) atoms. The van der Waals surface area contributed by atoms with Crippen molar-refractivity contribution in [3.8, 4) is 0 Å². The second-order valence-electron chi connectivity index (χ2n) is 7.28. The van der Waals surface area contributed by atoms with Gasteiger partial charge >= 0.3 is 0 Å². The van der Waals surface area contributed by atoms with Gasteiger partial charge in [-0.1, -0.05) is 18.2 Å². The van der Waals surface area contributed by atoms with Gasteiger partial charge < -0.3 is 9.47 Å². The molecule has 2 nitrogen and oxygen atoms in total. The normalized spacial score (nSPS) is 10.4. The van der Waals surface area contributed by atoms with Crippen LogP contribution in [0, 0.1) is 6.92 Å². The van der Waals surface area contributed by atoms with Crippen LogP contribution in [0.15, 0.2) is 40.9 Å². The van der Waals surface area contributed by atoms with Crippen molar-refractivity contribution in [3.05, 3.63) is 57.6 Å². The lowest BCUT2D eigenvalue weighted by Crippen LogP contribution is -2.00. The summed E-state index contributed by atoms with van der Waals surface area (Å²) in [6.07, 6.45) is 4.25.